The topological polar surface area (TPSA) is 35.8 Å². The van der Waals surface area contributed by atoms with Gasteiger partial charge in [0.15, 0.2) is 0 Å². The van der Waals surface area contributed by atoms with Crippen molar-refractivity contribution in [2.45, 2.75) is 84.0 Å². The van der Waals surface area contributed by atoms with Gasteiger partial charge in [-0.05, 0) is 88.0 Å². The lowest BCUT2D eigenvalue weighted by Gasteiger charge is -2.25. The minimum atomic E-state index is -5.39. The van der Waals surface area contributed by atoms with Crippen LogP contribution >= 0.6 is 0 Å². The average molecular weight is 1020 g/mol. The smallest absolute Gasteiger partial charge is 0.507 e. The van der Waals surface area contributed by atoms with E-state index < -0.39 is 71.1 Å². The maximum atomic E-state index is 14.5. The van der Waals surface area contributed by atoms with Crippen molar-refractivity contribution < 1.29 is 62.0 Å². The third kappa shape index (κ3) is 11.1. The Morgan fingerprint density at radius 3 is 1.23 bits per heavy atom. The molecule has 0 radical (unpaired) electrons. The first kappa shape index (κ1) is 52.2. The molecule has 17 heteroatoms. The third-order valence-electron chi connectivity index (χ3n) is 12.4. The molecule has 8 rings (SSSR count). The molecule has 0 fully saturated rings. The highest BCUT2D eigenvalue weighted by molar-refractivity contribution is 6.46. The molecule has 1 aliphatic heterocycles. The maximum absolute atomic E-state index is 14.5. The molecule has 6 aromatic carbocycles. The molecule has 0 N–H and O–H groups in total. The Hall–Kier alpha value is -7.17. The molecule has 0 spiro atoms. The molecule has 4 nitrogen and oxygen atoms in total. The second-order valence-electron chi connectivity index (χ2n) is 19.7. The molecule has 0 saturated heterocycles. The van der Waals surface area contributed by atoms with Crippen LogP contribution in [0.3, 0.4) is 0 Å². The minimum Gasteiger partial charge on any atom is -0.507 e. The second-order valence-corrected chi connectivity index (χ2v) is 19.7. The number of fused-ring (bicyclic) bond motifs is 1. The summed E-state index contributed by atoms with van der Waals surface area (Å²) in [5.74, 6) is -2.28. The van der Waals surface area contributed by atoms with E-state index in [-0.39, 0.29) is 53.2 Å². The first-order valence-corrected chi connectivity index (χ1v) is 22.7. The zero-order valence-electron chi connectivity index (χ0n) is 40.2. The van der Waals surface area contributed by atoms with Crippen molar-refractivity contribution in [1.29, 1.82) is 0 Å². The molecule has 73 heavy (non-hydrogen) atoms. The number of benzene rings is 6. The maximum Gasteiger partial charge on any atom is 0.743 e. The van der Waals surface area contributed by atoms with Gasteiger partial charge in [0.2, 0.25) is 0 Å². The quantitative estimate of drug-likeness (QED) is 0.107. The summed E-state index contributed by atoms with van der Waals surface area (Å²) in [6, 6.07) is 32.8. The van der Waals surface area contributed by atoms with Crippen LogP contribution in [-0.4, -0.2) is 17.4 Å². The number of allylic oxidation sites excluding steroid dienone is 1. The van der Waals surface area contributed by atoms with Gasteiger partial charge in [-0.15, -0.1) is 0 Å². The fraction of sp³-hybridized carbons (Fsp3) is 0.232. The van der Waals surface area contributed by atoms with Crippen LogP contribution in [0.2, 0.25) is 0 Å². The van der Waals surface area contributed by atoms with E-state index in [0.717, 1.165) is 11.1 Å². The lowest BCUT2D eigenvalue weighted by molar-refractivity contribution is -0.144. The van der Waals surface area contributed by atoms with Gasteiger partial charge in [-0.25, -0.2) is 4.99 Å². The van der Waals surface area contributed by atoms with Gasteiger partial charge in [-0.3, -0.25) is 0 Å². The SMILES string of the molecule is C/C(=C1/N=C(c2ccccc2)c2ccccc21)c1c(-c2ccc(C(C)(C)C)cc2)cc(-c2ccc(C(C)(C)C)cc2)n1B(Oc1cc(C(F)(F)F)cc(C(F)(F)F)c1)Oc1cc(C(F)(F)F)cc(C(F)(F)F)c1. The van der Waals surface area contributed by atoms with Gasteiger partial charge in [0.25, 0.3) is 0 Å². The Bertz CT molecular complexity index is 3100. The predicted octanol–water partition coefficient (Wildman–Crippen LogP) is 17.2. The number of aromatic nitrogens is 1. The molecular weight excluding hydrogens is 971 g/mol. The van der Waals surface area contributed by atoms with Gasteiger partial charge >= 0.3 is 32.0 Å². The number of alkyl halides is 12. The summed E-state index contributed by atoms with van der Waals surface area (Å²) in [6.45, 7) is 13.5. The van der Waals surface area contributed by atoms with Gasteiger partial charge in [-0.2, -0.15) is 52.7 Å². The summed E-state index contributed by atoms with van der Waals surface area (Å²) >= 11 is 0. The van der Waals surface area contributed by atoms with E-state index in [1.165, 1.54) is 4.48 Å². The molecule has 2 heterocycles. The van der Waals surface area contributed by atoms with E-state index in [9.17, 15) is 52.7 Å². The highest BCUT2D eigenvalue weighted by atomic mass is 19.4. The first-order chi connectivity index (χ1) is 33.9. The molecule has 378 valence electrons. The van der Waals surface area contributed by atoms with E-state index >= 15 is 0 Å². The number of hydrogen-bond acceptors (Lipinski definition) is 3. The largest absolute Gasteiger partial charge is 0.743 e. The van der Waals surface area contributed by atoms with Crippen molar-refractivity contribution in [1.82, 2.24) is 4.48 Å². The van der Waals surface area contributed by atoms with Crippen LogP contribution in [0, 0.1) is 0 Å². The number of aliphatic imine (C=N–C) groups is 1. The molecule has 1 aromatic heterocycles. The van der Waals surface area contributed by atoms with Crippen molar-refractivity contribution in [2.75, 3.05) is 0 Å². The molecule has 0 bridgehead atoms. The third-order valence-corrected chi connectivity index (χ3v) is 12.4. The van der Waals surface area contributed by atoms with E-state index in [1.807, 2.05) is 90.1 Å². The summed E-state index contributed by atoms with van der Waals surface area (Å²) in [5.41, 5.74) is -1.75. The summed E-state index contributed by atoms with van der Waals surface area (Å²) in [6.07, 6.45) is -21.6. The Labute approximate surface area is 413 Å². The van der Waals surface area contributed by atoms with Crippen LogP contribution in [0.4, 0.5) is 52.7 Å². The van der Waals surface area contributed by atoms with Crippen molar-refractivity contribution in [3.63, 3.8) is 0 Å². The van der Waals surface area contributed by atoms with Crippen molar-refractivity contribution >= 4 is 24.2 Å². The fourth-order valence-corrected chi connectivity index (χ4v) is 8.55. The summed E-state index contributed by atoms with van der Waals surface area (Å²) < 4.78 is 187. The Morgan fingerprint density at radius 1 is 0.425 bits per heavy atom. The van der Waals surface area contributed by atoms with Crippen LogP contribution in [0.15, 0.2) is 151 Å². The Morgan fingerprint density at radius 2 is 0.822 bits per heavy atom. The Balaban J connectivity index is 1.53. The molecule has 0 unspecified atom stereocenters. The lowest BCUT2D eigenvalue weighted by atomic mass is 9.86. The average Bonchev–Trinajstić information content (AvgIpc) is 3.90. The van der Waals surface area contributed by atoms with Gasteiger partial charge in [0.1, 0.15) is 11.5 Å². The van der Waals surface area contributed by atoms with E-state index in [4.69, 9.17) is 14.3 Å². The minimum absolute atomic E-state index is 0.0808. The van der Waals surface area contributed by atoms with Gasteiger partial charge < -0.3 is 13.8 Å². The zero-order valence-corrected chi connectivity index (χ0v) is 40.2. The van der Waals surface area contributed by atoms with Crippen LogP contribution in [0.5, 0.6) is 11.5 Å². The molecule has 1 aliphatic rings. The van der Waals surface area contributed by atoms with Crippen molar-refractivity contribution in [2.24, 2.45) is 4.99 Å². The van der Waals surface area contributed by atoms with Gasteiger partial charge in [0.05, 0.1) is 33.7 Å². The van der Waals surface area contributed by atoms with E-state index in [1.54, 1.807) is 67.6 Å². The van der Waals surface area contributed by atoms with Crippen LogP contribution in [0.25, 0.3) is 33.7 Å². The summed E-state index contributed by atoms with van der Waals surface area (Å²) in [7, 11) is -2.46. The van der Waals surface area contributed by atoms with Gasteiger partial charge in [0, 0.05) is 33.6 Å². The number of rotatable bonds is 9. The highest BCUT2D eigenvalue weighted by Crippen LogP contribution is 2.46. The van der Waals surface area contributed by atoms with Crippen LogP contribution < -0.4 is 9.31 Å². The fourth-order valence-electron chi connectivity index (χ4n) is 8.55. The molecular formula is C56H45BF12N2O2. The number of nitrogens with zero attached hydrogens (tertiary/aromatic N) is 2. The first-order valence-electron chi connectivity index (χ1n) is 22.7. The summed E-state index contributed by atoms with van der Waals surface area (Å²) in [5, 5.41) is 0. The second kappa shape index (κ2) is 18.7. The molecule has 0 saturated carbocycles. The van der Waals surface area contributed by atoms with Crippen LogP contribution in [0.1, 0.15) is 104 Å². The standard InChI is InChI=1S/C56H45BF12N2O2/c1-32(48-44-15-11-12-16-45(44)49(70-48)35-13-9-8-10-14-35)50-46(33-17-21-36(22-18-33)51(2,3)4)31-47(34-19-23-37(24-20-34)52(5,6)7)71(50)57(72-42-27-38(53(58,59)60)25-39(28-42)54(61,62)63)73-43-29-40(55(64,65)66)26-41(30-43)56(67,68)69/h8-31H,1-7H3/b48-32-. The van der Waals surface area contributed by atoms with Crippen molar-refractivity contribution in [3.8, 4) is 33.9 Å². The molecule has 0 atom stereocenters. The van der Waals surface area contributed by atoms with Crippen molar-refractivity contribution in [3.05, 3.63) is 201 Å². The lowest BCUT2D eigenvalue weighted by Crippen LogP contribution is -2.40. The van der Waals surface area contributed by atoms with E-state index in [0.29, 0.717) is 50.4 Å². The van der Waals surface area contributed by atoms with E-state index in [2.05, 4.69) is 0 Å². The molecule has 7 aromatic rings. The summed E-state index contributed by atoms with van der Waals surface area (Å²) in [4.78, 5) is 5.13. The normalized spacial score (nSPS) is 14.2. The predicted molar refractivity (Wildman–Crippen MR) is 259 cm³/mol. The monoisotopic (exact) mass is 1020 g/mol. The zero-order chi connectivity index (χ0) is 53.2. The number of halogens is 12. The van der Waals surface area contributed by atoms with Crippen LogP contribution in [-0.2, 0) is 35.5 Å². The molecule has 0 amide bonds. The number of hydrogen-bond donors (Lipinski definition) is 0. The van der Waals surface area contributed by atoms with Gasteiger partial charge in [-0.1, -0.05) is 145 Å². The molecule has 0 aliphatic carbocycles. The Kier molecular flexibility index (Phi) is 13.4. The highest BCUT2D eigenvalue weighted by Gasteiger charge is 2.43.